The summed E-state index contributed by atoms with van der Waals surface area (Å²) in [6.45, 7) is 2.18. The Labute approximate surface area is 168 Å². The second kappa shape index (κ2) is 8.08. The van der Waals surface area contributed by atoms with Gasteiger partial charge in [0.25, 0.3) is 0 Å². The largest absolute Gasteiger partial charge is 0.494 e. The molecule has 1 fully saturated rings. The number of benzene rings is 2. The van der Waals surface area contributed by atoms with Gasteiger partial charge >= 0.3 is 6.09 Å². The average Bonchev–Trinajstić information content (AvgIpc) is 2.73. The van der Waals surface area contributed by atoms with E-state index in [0.717, 1.165) is 10.6 Å². The molecule has 1 aliphatic rings. The van der Waals surface area contributed by atoms with E-state index in [1.807, 2.05) is 17.0 Å². The number of carbonyl (C=O) groups excluding carboxylic acids is 1. The van der Waals surface area contributed by atoms with E-state index in [4.69, 9.17) is 4.74 Å². The third kappa shape index (κ3) is 3.63. The monoisotopic (exact) mass is 401 g/mol. The molecular formula is C21H24FN3O4. The highest BCUT2D eigenvalue weighted by atomic mass is 19.1. The molecule has 0 bridgehead atoms. The number of nitrogens with one attached hydrogen (secondary N) is 1. The molecular weight excluding hydrogens is 377 g/mol. The number of halogens is 1. The van der Waals surface area contributed by atoms with Gasteiger partial charge in [-0.05, 0) is 37.7 Å². The Kier molecular flexibility index (Phi) is 5.74. The maximum atomic E-state index is 14.5. The SMILES string of the molecule is CNC1(C(C)=O)CN(c2ccc(-c3cccc(OC)c3F)cc2)CCN1C(=O)O. The van der Waals surface area contributed by atoms with Crippen LogP contribution in [0.2, 0.25) is 0 Å². The van der Waals surface area contributed by atoms with Crippen molar-refractivity contribution in [3.05, 3.63) is 48.3 Å². The lowest BCUT2D eigenvalue weighted by atomic mass is 9.98. The molecule has 0 saturated carbocycles. The highest BCUT2D eigenvalue weighted by Crippen LogP contribution is 2.31. The first-order valence-electron chi connectivity index (χ1n) is 9.22. The lowest BCUT2D eigenvalue weighted by Crippen LogP contribution is -2.73. The molecule has 1 aliphatic heterocycles. The number of carboxylic acid groups (broad SMARTS) is 1. The number of nitrogens with zero attached hydrogens (tertiary/aromatic N) is 2. The fourth-order valence-electron chi connectivity index (χ4n) is 3.77. The zero-order valence-corrected chi connectivity index (χ0v) is 16.6. The van der Waals surface area contributed by atoms with Crippen molar-refractivity contribution in [3.63, 3.8) is 0 Å². The molecule has 2 aromatic rings. The Morgan fingerprint density at radius 2 is 1.86 bits per heavy atom. The van der Waals surface area contributed by atoms with Gasteiger partial charge in [-0.1, -0.05) is 24.3 Å². The van der Waals surface area contributed by atoms with E-state index < -0.39 is 17.6 Å². The van der Waals surface area contributed by atoms with E-state index in [9.17, 15) is 19.1 Å². The Morgan fingerprint density at radius 1 is 1.17 bits per heavy atom. The molecule has 2 N–H and O–H groups in total. The smallest absolute Gasteiger partial charge is 0.409 e. The molecule has 154 valence electrons. The maximum Gasteiger partial charge on any atom is 0.409 e. The topological polar surface area (TPSA) is 82.1 Å². The number of ether oxygens (including phenoxy) is 1. The average molecular weight is 401 g/mol. The summed E-state index contributed by atoms with van der Waals surface area (Å²) in [5.41, 5.74) is 0.630. The fourth-order valence-corrected chi connectivity index (χ4v) is 3.77. The number of hydrogen-bond acceptors (Lipinski definition) is 5. The minimum Gasteiger partial charge on any atom is -0.494 e. The first kappa shape index (κ1) is 20.6. The number of likely N-dealkylation sites (N-methyl/N-ethyl adjacent to an activating group) is 1. The molecule has 1 heterocycles. The molecule has 29 heavy (non-hydrogen) atoms. The van der Waals surface area contributed by atoms with Crippen LogP contribution in [0.1, 0.15) is 6.92 Å². The van der Waals surface area contributed by atoms with Gasteiger partial charge in [-0.15, -0.1) is 0 Å². The number of hydrogen-bond donors (Lipinski definition) is 2. The highest BCUT2D eigenvalue weighted by Gasteiger charge is 2.47. The van der Waals surface area contributed by atoms with Gasteiger partial charge in [-0.3, -0.25) is 15.0 Å². The molecule has 3 rings (SSSR count). The third-order valence-corrected chi connectivity index (χ3v) is 5.43. The van der Waals surface area contributed by atoms with Gasteiger partial charge in [0.1, 0.15) is 0 Å². The molecule has 1 saturated heterocycles. The van der Waals surface area contributed by atoms with Crippen LogP contribution in [0.25, 0.3) is 11.1 Å². The summed E-state index contributed by atoms with van der Waals surface area (Å²) in [4.78, 5) is 27.1. The zero-order valence-electron chi connectivity index (χ0n) is 16.6. The minimum absolute atomic E-state index is 0.177. The zero-order chi connectivity index (χ0) is 21.2. The van der Waals surface area contributed by atoms with Crippen LogP contribution in [0.4, 0.5) is 14.9 Å². The second-order valence-corrected chi connectivity index (χ2v) is 6.89. The summed E-state index contributed by atoms with van der Waals surface area (Å²) in [5.74, 6) is -0.526. The van der Waals surface area contributed by atoms with Crippen molar-refractivity contribution in [1.82, 2.24) is 10.2 Å². The van der Waals surface area contributed by atoms with Gasteiger partial charge in [0, 0.05) is 24.3 Å². The normalized spacial score (nSPS) is 19.2. The summed E-state index contributed by atoms with van der Waals surface area (Å²) in [6, 6.07) is 12.2. The lowest BCUT2D eigenvalue weighted by Gasteiger charge is -2.48. The summed E-state index contributed by atoms with van der Waals surface area (Å²) >= 11 is 0. The Balaban J connectivity index is 1.89. The predicted molar refractivity (Wildman–Crippen MR) is 108 cm³/mol. The van der Waals surface area contributed by atoms with E-state index in [-0.39, 0.29) is 24.6 Å². The summed E-state index contributed by atoms with van der Waals surface area (Å²) in [7, 11) is 3.00. The molecule has 0 radical (unpaired) electrons. The van der Waals surface area contributed by atoms with Crippen molar-refractivity contribution in [2.45, 2.75) is 12.6 Å². The predicted octanol–water partition coefficient (Wildman–Crippen LogP) is 2.81. The van der Waals surface area contributed by atoms with Crippen molar-refractivity contribution in [3.8, 4) is 16.9 Å². The van der Waals surface area contributed by atoms with Gasteiger partial charge in [0.15, 0.2) is 23.0 Å². The first-order valence-corrected chi connectivity index (χ1v) is 9.22. The maximum absolute atomic E-state index is 14.5. The van der Waals surface area contributed by atoms with Crippen LogP contribution in [0.5, 0.6) is 5.75 Å². The van der Waals surface area contributed by atoms with Crippen molar-refractivity contribution in [2.24, 2.45) is 0 Å². The standard InChI is InChI=1S/C21H24FN3O4/c1-14(26)21(23-2)13-24(11-12-25(21)20(27)28)16-9-7-15(8-10-16)17-5-4-6-18(29-3)19(17)22/h4-10,23H,11-13H2,1-3H3,(H,27,28). The Hall–Kier alpha value is -3.13. The Bertz CT molecular complexity index is 919. The molecule has 0 aliphatic carbocycles. The summed E-state index contributed by atoms with van der Waals surface area (Å²) < 4.78 is 19.6. The quantitative estimate of drug-likeness (QED) is 0.802. The van der Waals surface area contributed by atoms with Crippen LogP contribution in [0.3, 0.4) is 0 Å². The lowest BCUT2D eigenvalue weighted by molar-refractivity contribution is -0.130. The number of rotatable bonds is 5. The van der Waals surface area contributed by atoms with Crippen LogP contribution in [-0.4, -0.2) is 61.3 Å². The summed E-state index contributed by atoms with van der Waals surface area (Å²) in [5, 5.41) is 12.4. The van der Waals surface area contributed by atoms with Crippen LogP contribution in [0, 0.1) is 5.82 Å². The number of Topliss-reactive ketones (excluding diaryl/α,β-unsaturated/α-hetero) is 1. The van der Waals surface area contributed by atoms with E-state index in [2.05, 4.69) is 5.32 Å². The van der Waals surface area contributed by atoms with Gasteiger partial charge in [0.05, 0.1) is 13.7 Å². The molecule has 1 unspecified atom stereocenters. The van der Waals surface area contributed by atoms with Crippen LogP contribution in [0.15, 0.2) is 42.5 Å². The van der Waals surface area contributed by atoms with Crippen molar-refractivity contribution in [1.29, 1.82) is 0 Å². The summed E-state index contributed by atoms with van der Waals surface area (Å²) in [6.07, 6.45) is -1.14. The molecule has 2 aromatic carbocycles. The fraction of sp³-hybridized carbons (Fsp3) is 0.333. The van der Waals surface area contributed by atoms with E-state index in [1.165, 1.54) is 14.0 Å². The van der Waals surface area contributed by atoms with Gasteiger partial charge in [-0.2, -0.15) is 0 Å². The number of methoxy groups -OCH3 is 1. The number of ketones is 1. The molecule has 0 spiro atoms. The highest BCUT2D eigenvalue weighted by molar-refractivity contribution is 5.90. The van der Waals surface area contributed by atoms with Crippen molar-refractivity contribution in [2.75, 3.05) is 38.7 Å². The van der Waals surface area contributed by atoms with Gasteiger partial charge in [-0.25, -0.2) is 9.18 Å². The second-order valence-electron chi connectivity index (χ2n) is 6.89. The minimum atomic E-state index is -1.32. The van der Waals surface area contributed by atoms with Crippen molar-refractivity contribution < 1.29 is 23.8 Å². The van der Waals surface area contributed by atoms with E-state index in [1.54, 1.807) is 37.4 Å². The van der Waals surface area contributed by atoms with Crippen LogP contribution < -0.4 is 15.0 Å². The first-order chi connectivity index (χ1) is 13.8. The molecule has 8 heteroatoms. The Morgan fingerprint density at radius 3 is 2.41 bits per heavy atom. The number of anilines is 1. The number of carbonyl (C=O) groups is 2. The van der Waals surface area contributed by atoms with E-state index >= 15 is 0 Å². The van der Waals surface area contributed by atoms with Gasteiger partial charge < -0.3 is 14.7 Å². The van der Waals surface area contributed by atoms with Crippen molar-refractivity contribution >= 4 is 17.6 Å². The van der Waals surface area contributed by atoms with Crippen LogP contribution >= 0.6 is 0 Å². The molecule has 0 aromatic heterocycles. The molecule has 1 amide bonds. The van der Waals surface area contributed by atoms with E-state index in [0.29, 0.717) is 17.7 Å². The third-order valence-electron chi connectivity index (χ3n) is 5.43. The van der Waals surface area contributed by atoms with Crippen LogP contribution in [-0.2, 0) is 4.79 Å². The molecule has 1 atom stereocenters. The van der Waals surface area contributed by atoms with Gasteiger partial charge in [0.2, 0.25) is 0 Å². The number of amides is 1. The number of piperazine rings is 1. The molecule has 7 nitrogen and oxygen atoms in total.